The summed E-state index contributed by atoms with van der Waals surface area (Å²) < 4.78 is 75.2. The average Bonchev–Trinajstić information content (AvgIpc) is 3.82. The molecule has 202 valence electrons. The molecule has 43 heavy (non-hydrogen) atoms. The van der Waals surface area contributed by atoms with Crippen molar-refractivity contribution in [1.29, 1.82) is 0 Å². The molecule has 0 saturated carbocycles. The number of hydrogen-bond donors (Lipinski definition) is 0. The Labute approximate surface area is 262 Å². The van der Waals surface area contributed by atoms with Gasteiger partial charge in [-0.2, -0.15) is 0 Å². The molecule has 4 nitrogen and oxygen atoms in total. The standard InChI is InChI=1S/C38H24N4S/c1-5-13-31-26(9-1)27-10-2-6-14-32(27)40(31)24-17-19-34-29(21-24)28-11-3-7-15-33(28)41(34)25-18-20-37-36(22-25)42-35-16-8-4-12-30(35)39-38(42)23-43-37/h1-22H,23H2/i1D,2D,5D,6D,9D,10D,13D,14D. The van der Waals surface area contributed by atoms with E-state index in [-0.39, 0.29) is 46.0 Å². The van der Waals surface area contributed by atoms with E-state index in [0.717, 1.165) is 60.7 Å². The van der Waals surface area contributed by atoms with Gasteiger partial charge in [-0.05, 0) is 66.7 Å². The number of rotatable bonds is 2. The first-order chi connectivity index (χ1) is 24.7. The number of benzene rings is 6. The summed E-state index contributed by atoms with van der Waals surface area (Å²) in [6.45, 7) is 0. The van der Waals surface area contributed by atoms with Gasteiger partial charge in [0.25, 0.3) is 0 Å². The van der Waals surface area contributed by atoms with E-state index in [4.69, 9.17) is 16.0 Å². The minimum atomic E-state index is -0.461. The topological polar surface area (TPSA) is 27.7 Å². The first kappa shape index (κ1) is 17.0. The maximum Gasteiger partial charge on any atom is 0.124 e. The Morgan fingerprint density at radius 1 is 0.558 bits per heavy atom. The van der Waals surface area contributed by atoms with Crippen molar-refractivity contribution in [2.24, 2.45) is 0 Å². The van der Waals surface area contributed by atoms with Crippen molar-refractivity contribution in [2.75, 3.05) is 0 Å². The molecule has 0 bridgehead atoms. The van der Waals surface area contributed by atoms with Crippen LogP contribution in [0.5, 0.6) is 0 Å². The van der Waals surface area contributed by atoms with Crippen molar-refractivity contribution in [1.82, 2.24) is 18.7 Å². The summed E-state index contributed by atoms with van der Waals surface area (Å²) in [5.74, 6) is 1.78. The van der Waals surface area contributed by atoms with Gasteiger partial charge in [0.15, 0.2) is 0 Å². The molecule has 5 heteroatoms. The van der Waals surface area contributed by atoms with Gasteiger partial charge in [0, 0.05) is 37.8 Å². The van der Waals surface area contributed by atoms with E-state index in [9.17, 15) is 0 Å². The molecule has 1 aliphatic heterocycles. The monoisotopic (exact) mass is 576 g/mol. The zero-order chi connectivity index (χ0) is 35.0. The highest BCUT2D eigenvalue weighted by molar-refractivity contribution is 7.98. The third kappa shape index (κ3) is 3.20. The van der Waals surface area contributed by atoms with Crippen LogP contribution in [0.3, 0.4) is 0 Å². The molecule has 0 atom stereocenters. The molecule has 10 rings (SSSR count). The summed E-state index contributed by atoms with van der Waals surface area (Å²) in [5.41, 5.74) is 6.61. The predicted molar refractivity (Wildman–Crippen MR) is 179 cm³/mol. The Balaban J connectivity index is 1.27. The summed E-state index contributed by atoms with van der Waals surface area (Å²) in [7, 11) is 0. The molecule has 9 aromatic rings. The van der Waals surface area contributed by atoms with Gasteiger partial charge in [-0.15, -0.1) is 11.8 Å². The van der Waals surface area contributed by atoms with Crippen LogP contribution in [0.1, 0.15) is 16.8 Å². The van der Waals surface area contributed by atoms with Crippen molar-refractivity contribution in [2.45, 2.75) is 10.6 Å². The molecule has 6 aromatic carbocycles. The summed E-state index contributed by atoms with van der Waals surface area (Å²) in [5, 5.41) is 1.95. The van der Waals surface area contributed by atoms with E-state index in [2.05, 4.69) is 39.5 Å². The molecule has 0 fully saturated rings. The molecule has 0 amide bonds. The lowest BCUT2D eigenvalue weighted by Gasteiger charge is -2.20. The van der Waals surface area contributed by atoms with Crippen LogP contribution in [0.2, 0.25) is 0 Å². The molecule has 0 radical (unpaired) electrons. The minimum Gasteiger partial charge on any atom is -0.309 e. The lowest BCUT2D eigenvalue weighted by molar-refractivity contribution is 0.941. The van der Waals surface area contributed by atoms with Crippen molar-refractivity contribution in [3.63, 3.8) is 0 Å². The quantitative estimate of drug-likeness (QED) is 0.205. The van der Waals surface area contributed by atoms with E-state index >= 15 is 0 Å². The fourth-order valence-electron chi connectivity index (χ4n) is 6.58. The third-order valence-electron chi connectivity index (χ3n) is 8.38. The number of aromatic nitrogens is 4. The highest BCUT2D eigenvalue weighted by Crippen LogP contribution is 2.41. The van der Waals surface area contributed by atoms with Crippen LogP contribution in [-0.2, 0) is 5.75 Å². The highest BCUT2D eigenvalue weighted by Gasteiger charge is 2.22. The molecule has 0 spiro atoms. The van der Waals surface area contributed by atoms with Crippen molar-refractivity contribution in [3.8, 4) is 17.1 Å². The van der Waals surface area contributed by atoms with Crippen LogP contribution in [0.15, 0.2) is 138 Å². The summed E-state index contributed by atoms with van der Waals surface area (Å²) >= 11 is 1.77. The predicted octanol–water partition coefficient (Wildman–Crippen LogP) is 9.83. The van der Waals surface area contributed by atoms with Crippen LogP contribution in [0, 0.1) is 0 Å². The van der Waals surface area contributed by atoms with Gasteiger partial charge >= 0.3 is 0 Å². The largest absolute Gasteiger partial charge is 0.309 e. The average molecular weight is 577 g/mol. The summed E-state index contributed by atoms with van der Waals surface area (Å²) in [6, 6.07) is 25.3. The van der Waals surface area contributed by atoms with Gasteiger partial charge in [0.1, 0.15) is 5.82 Å². The number of imidazole rings is 1. The van der Waals surface area contributed by atoms with E-state index in [0.29, 0.717) is 5.69 Å². The number of para-hydroxylation sites is 5. The van der Waals surface area contributed by atoms with Crippen LogP contribution >= 0.6 is 11.8 Å². The number of nitrogens with zero attached hydrogens (tertiary/aromatic N) is 4. The number of thioether (sulfide) groups is 1. The molecule has 0 saturated heterocycles. The van der Waals surface area contributed by atoms with Gasteiger partial charge < -0.3 is 9.13 Å². The Morgan fingerprint density at radius 2 is 1.21 bits per heavy atom. The van der Waals surface area contributed by atoms with Crippen LogP contribution < -0.4 is 0 Å². The molecule has 0 N–H and O–H groups in total. The second-order valence-electron chi connectivity index (χ2n) is 10.6. The van der Waals surface area contributed by atoms with E-state index in [1.54, 1.807) is 16.3 Å². The molecular weight excluding hydrogens is 545 g/mol. The molecule has 4 heterocycles. The van der Waals surface area contributed by atoms with Crippen molar-refractivity contribution in [3.05, 3.63) is 139 Å². The first-order valence-electron chi connectivity index (χ1n) is 17.9. The molecule has 1 aliphatic rings. The van der Waals surface area contributed by atoms with Crippen molar-refractivity contribution < 1.29 is 11.0 Å². The minimum absolute atomic E-state index is 0.0591. The van der Waals surface area contributed by atoms with Gasteiger partial charge in [0.05, 0.1) is 55.5 Å². The molecular formula is C38H24N4S. The Morgan fingerprint density at radius 3 is 2.05 bits per heavy atom. The summed E-state index contributed by atoms with van der Waals surface area (Å²) in [4.78, 5) is 6.07. The maximum atomic E-state index is 8.93. The van der Waals surface area contributed by atoms with Gasteiger partial charge in [0.2, 0.25) is 0 Å². The zero-order valence-electron chi connectivity index (χ0n) is 30.5. The van der Waals surface area contributed by atoms with E-state index < -0.39 is 24.2 Å². The van der Waals surface area contributed by atoms with Gasteiger partial charge in [-0.25, -0.2) is 4.98 Å². The maximum absolute atomic E-state index is 8.93. The van der Waals surface area contributed by atoms with Gasteiger partial charge in [-0.3, -0.25) is 4.57 Å². The molecule has 0 aliphatic carbocycles. The van der Waals surface area contributed by atoms with Crippen LogP contribution in [0.25, 0.3) is 71.7 Å². The fraction of sp³-hybridized carbons (Fsp3) is 0.0263. The zero-order valence-corrected chi connectivity index (χ0v) is 23.3. The second kappa shape index (κ2) is 8.63. The number of hydrogen-bond acceptors (Lipinski definition) is 2. The Hall–Kier alpha value is -5.26. The normalized spacial score (nSPS) is 15.5. The Kier molecular flexibility index (Phi) is 3.41. The smallest absolute Gasteiger partial charge is 0.124 e. The lowest BCUT2D eigenvalue weighted by Crippen LogP contribution is -2.07. The third-order valence-corrected chi connectivity index (χ3v) is 9.43. The lowest BCUT2D eigenvalue weighted by atomic mass is 10.1. The van der Waals surface area contributed by atoms with Crippen LogP contribution in [-0.4, -0.2) is 18.7 Å². The molecule has 0 unspecified atom stereocenters. The van der Waals surface area contributed by atoms with E-state index in [1.807, 2.05) is 54.6 Å². The van der Waals surface area contributed by atoms with Crippen molar-refractivity contribution >= 4 is 66.4 Å². The molecule has 3 aromatic heterocycles. The Bertz CT molecular complexity index is 2960. The summed E-state index contributed by atoms with van der Waals surface area (Å²) in [6.07, 6.45) is 0. The highest BCUT2D eigenvalue weighted by atomic mass is 32.2. The van der Waals surface area contributed by atoms with E-state index in [1.165, 1.54) is 0 Å². The number of fused-ring (bicyclic) bond motifs is 11. The first-order valence-corrected chi connectivity index (χ1v) is 14.9. The second-order valence-corrected chi connectivity index (χ2v) is 11.6. The SMILES string of the molecule is [2H]c1c([2H])c([2H])c2c(c1[2H])c1c([2H])c([2H])c([2H])c([2H])c1n2-c1ccc2c(c1)c1ccccc1n2-c1ccc2c(c1)-n1c(nc3ccccc31)CS2. The van der Waals surface area contributed by atoms with Gasteiger partial charge in [-0.1, -0.05) is 66.6 Å². The van der Waals surface area contributed by atoms with Crippen LogP contribution in [0.4, 0.5) is 0 Å². The fourth-order valence-corrected chi connectivity index (χ4v) is 7.52.